The highest BCUT2D eigenvalue weighted by Crippen LogP contribution is 2.28. The highest BCUT2D eigenvalue weighted by Gasteiger charge is 2.20. The smallest absolute Gasteiger partial charge is 0.287 e. The molecule has 0 bridgehead atoms. The van der Waals surface area contributed by atoms with Crippen molar-refractivity contribution in [3.8, 4) is 0 Å². The molecule has 1 aliphatic rings. The van der Waals surface area contributed by atoms with Crippen molar-refractivity contribution in [3.05, 3.63) is 28.4 Å². The van der Waals surface area contributed by atoms with Gasteiger partial charge in [0, 0.05) is 12.1 Å². The largest absolute Gasteiger partial charge is 0.367 e. The van der Waals surface area contributed by atoms with E-state index in [1.807, 2.05) is 0 Å². The maximum atomic E-state index is 10.5. The summed E-state index contributed by atoms with van der Waals surface area (Å²) in [4.78, 5) is 14.2. The van der Waals surface area contributed by atoms with Crippen LogP contribution in [0.3, 0.4) is 0 Å². The van der Waals surface area contributed by atoms with E-state index in [9.17, 15) is 10.1 Å². The van der Waals surface area contributed by atoms with E-state index in [4.69, 9.17) is 0 Å². The summed E-state index contributed by atoms with van der Waals surface area (Å²) in [5.41, 5.74) is 0.0373. The lowest BCUT2D eigenvalue weighted by Crippen LogP contribution is -2.26. The summed E-state index contributed by atoms with van der Waals surface area (Å²) in [6.45, 7) is 2.25. The molecule has 0 saturated heterocycles. The third kappa shape index (κ3) is 3.18. The van der Waals surface area contributed by atoms with Crippen LogP contribution in [0.15, 0.2) is 18.3 Å². The molecule has 0 spiro atoms. The van der Waals surface area contributed by atoms with E-state index in [-0.39, 0.29) is 5.69 Å². The van der Waals surface area contributed by atoms with E-state index in [0.29, 0.717) is 6.04 Å². The predicted molar refractivity (Wildman–Crippen MR) is 70.6 cm³/mol. The minimum absolute atomic E-state index is 0.0373. The van der Waals surface area contributed by atoms with Gasteiger partial charge in [-0.1, -0.05) is 13.3 Å². The SMILES string of the molecule is CCC1CCC(Nc2ccc([N+](=O)[O-])cn2)CC1. The quantitative estimate of drug-likeness (QED) is 0.656. The van der Waals surface area contributed by atoms with Crippen LogP contribution in [0.5, 0.6) is 0 Å². The van der Waals surface area contributed by atoms with Crippen LogP contribution in [0.2, 0.25) is 0 Å². The lowest BCUT2D eigenvalue weighted by Gasteiger charge is -2.28. The number of aromatic nitrogens is 1. The predicted octanol–water partition coefficient (Wildman–Crippen LogP) is 3.37. The zero-order valence-corrected chi connectivity index (χ0v) is 10.6. The Bertz CT molecular complexity index is 397. The summed E-state index contributed by atoms with van der Waals surface area (Å²) >= 11 is 0. The highest BCUT2D eigenvalue weighted by atomic mass is 16.6. The Hall–Kier alpha value is -1.65. The molecule has 1 N–H and O–H groups in total. The molecule has 1 fully saturated rings. The zero-order valence-electron chi connectivity index (χ0n) is 10.6. The van der Waals surface area contributed by atoms with E-state index in [1.165, 1.54) is 31.5 Å². The molecular formula is C13H19N3O2. The first kappa shape index (κ1) is 12.8. The third-order valence-corrected chi connectivity index (χ3v) is 3.73. The maximum Gasteiger partial charge on any atom is 0.287 e. The number of anilines is 1. The van der Waals surface area contributed by atoms with Gasteiger partial charge in [0.1, 0.15) is 12.0 Å². The van der Waals surface area contributed by atoms with Gasteiger partial charge in [0.2, 0.25) is 0 Å². The second kappa shape index (κ2) is 5.80. The van der Waals surface area contributed by atoms with Crippen LogP contribution in [0, 0.1) is 16.0 Å². The second-order valence-corrected chi connectivity index (χ2v) is 4.93. The van der Waals surface area contributed by atoms with Crippen molar-refractivity contribution < 1.29 is 4.92 Å². The summed E-state index contributed by atoms with van der Waals surface area (Å²) in [6.07, 6.45) is 7.43. The number of nitro groups is 1. The van der Waals surface area contributed by atoms with Gasteiger partial charge < -0.3 is 5.32 Å². The Morgan fingerprint density at radius 1 is 1.39 bits per heavy atom. The lowest BCUT2D eigenvalue weighted by atomic mass is 9.84. The fourth-order valence-electron chi connectivity index (χ4n) is 2.50. The molecule has 0 amide bonds. The average molecular weight is 249 g/mol. The van der Waals surface area contributed by atoms with Crippen LogP contribution in [-0.4, -0.2) is 15.9 Å². The number of nitrogens with zero attached hydrogens (tertiary/aromatic N) is 2. The van der Waals surface area contributed by atoms with E-state index in [0.717, 1.165) is 24.6 Å². The standard InChI is InChI=1S/C13H19N3O2/c1-2-10-3-5-11(6-4-10)15-13-8-7-12(9-14-13)16(17)18/h7-11H,2-6H2,1H3,(H,14,15). The van der Waals surface area contributed by atoms with Gasteiger partial charge in [-0.15, -0.1) is 0 Å². The first-order valence-electron chi connectivity index (χ1n) is 6.56. The number of hydrogen-bond donors (Lipinski definition) is 1. The highest BCUT2D eigenvalue weighted by molar-refractivity contribution is 5.40. The number of nitrogens with one attached hydrogen (secondary N) is 1. The van der Waals surface area contributed by atoms with E-state index < -0.39 is 4.92 Å². The fraction of sp³-hybridized carbons (Fsp3) is 0.615. The van der Waals surface area contributed by atoms with Gasteiger partial charge >= 0.3 is 0 Å². The van der Waals surface area contributed by atoms with Crippen LogP contribution >= 0.6 is 0 Å². The summed E-state index contributed by atoms with van der Waals surface area (Å²) < 4.78 is 0. The number of rotatable bonds is 4. The lowest BCUT2D eigenvalue weighted by molar-refractivity contribution is -0.385. The van der Waals surface area contributed by atoms with Gasteiger partial charge in [-0.05, 0) is 37.7 Å². The van der Waals surface area contributed by atoms with Gasteiger partial charge in [-0.3, -0.25) is 10.1 Å². The molecule has 18 heavy (non-hydrogen) atoms. The van der Waals surface area contributed by atoms with Gasteiger partial charge in [0.25, 0.3) is 5.69 Å². The zero-order chi connectivity index (χ0) is 13.0. The summed E-state index contributed by atoms with van der Waals surface area (Å²) in [5, 5.41) is 13.9. The normalized spacial score (nSPS) is 23.6. The third-order valence-electron chi connectivity index (χ3n) is 3.73. The van der Waals surface area contributed by atoms with Gasteiger partial charge in [-0.2, -0.15) is 0 Å². The molecule has 0 aromatic carbocycles. The van der Waals surface area contributed by atoms with E-state index in [1.54, 1.807) is 6.07 Å². The summed E-state index contributed by atoms with van der Waals surface area (Å²) in [7, 11) is 0. The molecule has 1 aromatic rings. The van der Waals surface area contributed by atoms with Crippen molar-refractivity contribution in [1.82, 2.24) is 4.98 Å². The minimum atomic E-state index is -0.427. The Balaban J connectivity index is 1.88. The molecule has 5 heteroatoms. The monoisotopic (exact) mass is 249 g/mol. The molecule has 0 radical (unpaired) electrons. The molecule has 1 aliphatic carbocycles. The Kier molecular flexibility index (Phi) is 4.12. The van der Waals surface area contributed by atoms with Crippen molar-refractivity contribution in [2.45, 2.75) is 45.1 Å². The van der Waals surface area contributed by atoms with E-state index >= 15 is 0 Å². The minimum Gasteiger partial charge on any atom is -0.367 e. The molecule has 0 aliphatic heterocycles. The van der Waals surface area contributed by atoms with Crippen molar-refractivity contribution in [3.63, 3.8) is 0 Å². The molecule has 0 unspecified atom stereocenters. The van der Waals surface area contributed by atoms with Gasteiger partial charge in [-0.25, -0.2) is 4.98 Å². The van der Waals surface area contributed by atoms with Crippen molar-refractivity contribution in [1.29, 1.82) is 0 Å². The van der Waals surface area contributed by atoms with Gasteiger partial charge in [0.05, 0.1) is 4.92 Å². The molecule has 1 aromatic heterocycles. The second-order valence-electron chi connectivity index (χ2n) is 4.93. The van der Waals surface area contributed by atoms with Crippen LogP contribution in [0.4, 0.5) is 11.5 Å². The van der Waals surface area contributed by atoms with Gasteiger partial charge in [0.15, 0.2) is 0 Å². The van der Waals surface area contributed by atoms with Crippen LogP contribution in [-0.2, 0) is 0 Å². The molecular weight excluding hydrogens is 230 g/mol. The van der Waals surface area contributed by atoms with Crippen molar-refractivity contribution in [2.24, 2.45) is 5.92 Å². The first-order valence-corrected chi connectivity index (χ1v) is 6.56. The maximum absolute atomic E-state index is 10.5. The molecule has 1 heterocycles. The number of pyridine rings is 1. The Morgan fingerprint density at radius 2 is 2.11 bits per heavy atom. The molecule has 1 saturated carbocycles. The average Bonchev–Trinajstić information content (AvgIpc) is 2.40. The molecule has 98 valence electrons. The Morgan fingerprint density at radius 3 is 2.61 bits per heavy atom. The summed E-state index contributed by atoms with van der Waals surface area (Å²) in [6, 6.07) is 3.64. The molecule has 5 nitrogen and oxygen atoms in total. The van der Waals surface area contributed by atoms with Crippen LogP contribution in [0.1, 0.15) is 39.0 Å². The van der Waals surface area contributed by atoms with E-state index in [2.05, 4.69) is 17.2 Å². The topological polar surface area (TPSA) is 68.1 Å². The fourth-order valence-corrected chi connectivity index (χ4v) is 2.50. The molecule has 0 atom stereocenters. The first-order chi connectivity index (χ1) is 8.69. The Labute approximate surface area is 107 Å². The van der Waals surface area contributed by atoms with Crippen molar-refractivity contribution >= 4 is 11.5 Å². The van der Waals surface area contributed by atoms with Crippen LogP contribution in [0.25, 0.3) is 0 Å². The summed E-state index contributed by atoms with van der Waals surface area (Å²) in [5.74, 6) is 1.61. The number of hydrogen-bond acceptors (Lipinski definition) is 4. The molecule has 2 rings (SSSR count). The van der Waals surface area contributed by atoms with Crippen molar-refractivity contribution in [2.75, 3.05) is 5.32 Å². The van der Waals surface area contributed by atoms with Crippen LogP contribution < -0.4 is 5.32 Å².